The second-order valence-corrected chi connectivity index (χ2v) is 12.5. The average Bonchev–Trinajstić information content (AvgIpc) is 3.13. The van der Waals surface area contributed by atoms with Crippen LogP contribution in [-0.2, 0) is 33.2 Å². The number of aliphatic hydroxyl groups is 1. The Kier molecular flexibility index (Phi) is 11.8. The quantitative estimate of drug-likeness (QED) is 0.169. The molecular weight excluding hydrogens is 736 g/mol. The molecule has 2 aromatic carbocycles. The minimum atomic E-state index is -4.99. The Hall–Kier alpha value is -4.88. The van der Waals surface area contributed by atoms with Crippen molar-refractivity contribution in [3.8, 4) is 17.0 Å². The number of nitrogens with zero attached hydrogens (tertiary/aromatic N) is 5. The first-order valence-corrected chi connectivity index (χ1v) is 16.7. The molecule has 3 aromatic rings. The Morgan fingerprint density at radius 3 is 2.30 bits per heavy atom. The number of benzene rings is 2. The number of amides is 2. The lowest BCUT2D eigenvalue weighted by molar-refractivity contribution is -0.164. The second kappa shape index (κ2) is 15.8. The zero-order valence-corrected chi connectivity index (χ0v) is 29.2. The van der Waals surface area contributed by atoms with E-state index in [4.69, 9.17) is 9.47 Å². The van der Waals surface area contributed by atoms with E-state index in [1.165, 1.54) is 24.2 Å². The normalized spacial score (nSPS) is 17.2. The molecule has 0 radical (unpaired) electrons. The number of nitrogens with one attached hydrogen (secondary N) is 1. The van der Waals surface area contributed by atoms with Gasteiger partial charge < -0.3 is 19.9 Å². The van der Waals surface area contributed by atoms with Crippen LogP contribution in [0.15, 0.2) is 54.1 Å². The molecule has 1 aromatic heterocycles. The summed E-state index contributed by atoms with van der Waals surface area (Å²) in [6.07, 6.45) is -9.31. The van der Waals surface area contributed by atoms with E-state index in [0.29, 0.717) is 57.4 Å². The molecule has 2 amide bonds. The first kappa shape index (κ1) is 40.3. The number of halogens is 8. The molecule has 5 rings (SSSR count). The lowest BCUT2D eigenvalue weighted by atomic mass is 9.84. The van der Waals surface area contributed by atoms with Crippen molar-refractivity contribution in [2.45, 2.75) is 51.1 Å². The van der Waals surface area contributed by atoms with Gasteiger partial charge in [0.05, 0.1) is 42.2 Å². The van der Waals surface area contributed by atoms with E-state index in [0.717, 1.165) is 11.1 Å². The van der Waals surface area contributed by atoms with Gasteiger partial charge in [0, 0.05) is 37.8 Å². The van der Waals surface area contributed by atoms with Gasteiger partial charge in [-0.25, -0.2) is 19.4 Å². The van der Waals surface area contributed by atoms with Crippen LogP contribution in [0.2, 0.25) is 0 Å². The minimum Gasteiger partial charge on any atom is -0.509 e. The number of morpholine rings is 1. The number of carbonyl (C=O) groups excluding carboxylic acids is 2. The maximum atomic E-state index is 15.5. The Labute approximate surface area is 304 Å². The van der Waals surface area contributed by atoms with Gasteiger partial charge in [0.15, 0.2) is 11.6 Å². The highest BCUT2D eigenvalue weighted by Gasteiger charge is 2.50. The SMILES string of the molecule is CCC1(CC)C(O)=C(C(=O)Nc2ccc(C(F)(F)F)cc2-c2cc(C(F)(F)F)ncn2)C(=O)N(Cc2ccc(OCCN3CCOCC3)c(F)c2F)N1C. The summed E-state index contributed by atoms with van der Waals surface area (Å²) in [6.45, 7) is 5.53. The van der Waals surface area contributed by atoms with Gasteiger partial charge >= 0.3 is 12.4 Å². The van der Waals surface area contributed by atoms with Crippen molar-refractivity contribution in [2.75, 3.05) is 51.8 Å². The lowest BCUT2D eigenvalue weighted by Gasteiger charge is -2.49. The van der Waals surface area contributed by atoms with E-state index in [1.807, 2.05) is 4.90 Å². The molecule has 1 fully saturated rings. The molecule has 2 aliphatic heterocycles. The minimum absolute atomic E-state index is 0.0580. The molecule has 0 saturated carbocycles. The molecule has 1 saturated heterocycles. The molecule has 54 heavy (non-hydrogen) atoms. The molecule has 11 nitrogen and oxygen atoms in total. The van der Waals surface area contributed by atoms with Crippen LogP contribution in [0.5, 0.6) is 5.75 Å². The predicted octanol–water partition coefficient (Wildman–Crippen LogP) is 6.37. The van der Waals surface area contributed by atoms with Crippen molar-refractivity contribution < 1.29 is 59.3 Å². The van der Waals surface area contributed by atoms with Gasteiger partial charge in [0.1, 0.15) is 30.0 Å². The van der Waals surface area contributed by atoms with Gasteiger partial charge in [-0.2, -0.15) is 30.7 Å². The largest absolute Gasteiger partial charge is 0.509 e. The molecule has 0 unspecified atom stereocenters. The van der Waals surface area contributed by atoms with Gasteiger partial charge in [0.25, 0.3) is 11.8 Å². The number of hydrazine groups is 1. The summed E-state index contributed by atoms with van der Waals surface area (Å²) < 4.78 is 123. The fraction of sp³-hybridized carbons (Fsp3) is 0.429. The van der Waals surface area contributed by atoms with E-state index >= 15 is 8.78 Å². The summed E-state index contributed by atoms with van der Waals surface area (Å²) >= 11 is 0. The second-order valence-electron chi connectivity index (χ2n) is 12.5. The Morgan fingerprint density at radius 1 is 0.981 bits per heavy atom. The number of rotatable bonds is 11. The number of aliphatic hydroxyl groups excluding tert-OH is 1. The van der Waals surface area contributed by atoms with Gasteiger partial charge in [-0.1, -0.05) is 19.9 Å². The maximum Gasteiger partial charge on any atom is 0.433 e. The van der Waals surface area contributed by atoms with Crippen molar-refractivity contribution in [3.63, 3.8) is 0 Å². The fourth-order valence-corrected chi connectivity index (χ4v) is 6.37. The Balaban J connectivity index is 1.47. The number of ether oxygens (including phenoxy) is 2. The smallest absolute Gasteiger partial charge is 0.433 e. The summed E-state index contributed by atoms with van der Waals surface area (Å²) in [5, 5.41) is 15.9. The topological polar surface area (TPSA) is 120 Å². The van der Waals surface area contributed by atoms with Crippen molar-refractivity contribution in [2.24, 2.45) is 0 Å². The molecule has 0 atom stereocenters. The van der Waals surface area contributed by atoms with Crippen molar-refractivity contribution in [3.05, 3.63) is 82.5 Å². The van der Waals surface area contributed by atoms with Crippen LogP contribution in [0.3, 0.4) is 0 Å². The van der Waals surface area contributed by atoms with Crippen LogP contribution >= 0.6 is 0 Å². The number of carbonyl (C=O) groups is 2. The van der Waals surface area contributed by atoms with Crippen molar-refractivity contribution in [1.29, 1.82) is 0 Å². The zero-order chi connectivity index (χ0) is 39.6. The van der Waals surface area contributed by atoms with Crippen LogP contribution in [0.1, 0.15) is 43.5 Å². The highest BCUT2D eigenvalue weighted by atomic mass is 19.4. The van der Waals surface area contributed by atoms with Crippen molar-refractivity contribution in [1.82, 2.24) is 24.9 Å². The van der Waals surface area contributed by atoms with Gasteiger partial charge in [-0.15, -0.1) is 0 Å². The van der Waals surface area contributed by atoms with Crippen LogP contribution in [-0.4, -0.2) is 93.8 Å². The number of hydrogen-bond acceptors (Lipinski definition) is 9. The van der Waals surface area contributed by atoms with Crippen molar-refractivity contribution >= 4 is 17.5 Å². The summed E-state index contributed by atoms with van der Waals surface area (Å²) in [4.78, 5) is 36.7. The summed E-state index contributed by atoms with van der Waals surface area (Å²) in [6, 6.07) is 4.56. The standard InChI is InChI=1S/C35H36F8N6O5/c1-4-33(5-2)30(50)27(31(51)46-23-8-7-21(34(38,39)40)16-22(23)24-17-26(35(41,42)43)45-19-44-24)32(52)49(47(33)3)18-20-6-9-25(29(37)28(20)36)54-15-12-48-10-13-53-14-11-48/h6-9,16-17,19,50H,4-5,10-15,18H2,1-3H3,(H,46,51). The summed E-state index contributed by atoms with van der Waals surface area (Å²) in [5.74, 6) is -6.27. The molecule has 3 heterocycles. The van der Waals surface area contributed by atoms with E-state index in [2.05, 4.69) is 15.3 Å². The van der Waals surface area contributed by atoms with E-state index in [1.54, 1.807) is 13.8 Å². The fourth-order valence-electron chi connectivity index (χ4n) is 6.37. The third kappa shape index (κ3) is 8.12. The molecule has 292 valence electrons. The summed E-state index contributed by atoms with van der Waals surface area (Å²) in [7, 11) is 1.40. The third-order valence-corrected chi connectivity index (χ3v) is 9.55. The van der Waals surface area contributed by atoms with E-state index in [9.17, 15) is 41.0 Å². The van der Waals surface area contributed by atoms with Gasteiger partial charge in [-0.05, 0) is 43.2 Å². The van der Waals surface area contributed by atoms with Crippen LogP contribution in [0.4, 0.5) is 40.8 Å². The first-order valence-electron chi connectivity index (χ1n) is 16.7. The number of alkyl halides is 6. The first-order chi connectivity index (χ1) is 25.4. The van der Waals surface area contributed by atoms with Crippen LogP contribution in [0, 0.1) is 11.6 Å². The molecule has 2 N–H and O–H groups in total. The Bertz CT molecular complexity index is 1910. The number of aromatic nitrogens is 2. The third-order valence-electron chi connectivity index (χ3n) is 9.55. The number of hydrogen-bond donors (Lipinski definition) is 2. The maximum absolute atomic E-state index is 15.5. The van der Waals surface area contributed by atoms with Gasteiger partial charge in [-0.3, -0.25) is 19.5 Å². The molecule has 19 heteroatoms. The zero-order valence-electron chi connectivity index (χ0n) is 29.2. The lowest BCUT2D eigenvalue weighted by Crippen LogP contribution is -2.62. The number of likely N-dealkylation sites (N-methyl/N-ethyl adjacent to an activating group) is 1. The predicted molar refractivity (Wildman–Crippen MR) is 176 cm³/mol. The summed E-state index contributed by atoms with van der Waals surface area (Å²) in [5.41, 5.74) is -7.17. The van der Waals surface area contributed by atoms with Crippen LogP contribution < -0.4 is 10.1 Å². The highest BCUT2D eigenvalue weighted by molar-refractivity contribution is 6.24. The molecule has 2 aliphatic rings. The highest BCUT2D eigenvalue weighted by Crippen LogP contribution is 2.41. The molecule has 0 aliphatic carbocycles. The van der Waals surface area contributed by atoms with E-state index in [-0.39, 0.29) is 30.8 Å². The molecule has 0 spiro atoms. The Morgan fingerprint density at radius 2 is 1.67 bits per heavy atom. The van der Waals surface area contributed by atoms with E-state index < -0.39 is 87.4 Å². The monoisotopic (exact) mass is 772 g/mol. The number of anilines is 1. The average molecular weight is 773 g/mol. The molecular formula is C35H36F8N6O5. The van der Waals surface area contributed by atoms with Gasteiger partial charge in [0.2, 0.25) is 5.82 Å². The van der Waals surface area contributed by atoms with Crippen LogP contribution in [0.25, 0.3) is 11.3 Å². The molecule has 0 bridgehead atoms.